The predicted octanol–water partition coefficient (Wildman–Crippen LogP) is 3.61. The van der Waals surface area contributed by atoms with Gasteiger partial charge in [0, 0.05) is 18.6 Å². The molecular weight excluding hydrogens is 298 g/mol. The third kappa shape index (κ3) is 3.05. The summed E-state index contributed by atoms with van der Waals surface area (Å²) < 4.78 is 0. The molecule has 2 unspecified atom stereocenters. The van der Waals surface area contributed by atoms with E-state index in [1.165, 1.54) is 16.3 Å². The number of benzene rings is 2. The highest BCUT2D eigenvalue weighted by atomic mass is 16.3. The number of carbonyl (C=O) groups excluding carboxylic acids is 1. The molecule has 24 heavy (non-hydrogen) atoms. The standard InChI is InChI=1S/C21H25NO2/c23-13-14-8-10-16(11-9-14)22-21(24)20-12-19(20)18-7-3-5-15-4-1-2-6-17(15)18/h1-7,14,16,19-20,23H,8-13H2,(H,22,24). The molecule has 2 aromatic rings. The zero-order valence-corrected chi connectivity index (χ0v) is 13.9. The zero-order valence-electron chi connectivity index (χ0n) is 13.9. The third-order valence-electron chi connectivity index (χ3n) is 5.80. The second-order valence-electron chi connectivity index (χ2n) is 7.43. The van der Waals surface area contributed by atoms with Gasteiger partial charge in [-0.15, -0.1) is 0 Å². The maximum Gasteiger partial charge on any atom is 0.223 e. The largest absolute Gasteiger partial charge is 0.396 e. The number of fused-ring (bicyclic) bond motifs is 1. The fourth-order valence-corrected chi connectivity index (χ4v) is 4.20. The lowest BCUT2D eigenvalue weighted by molar-refractivity contribution is -0.123. The summed E-state index contributed by atoms with van der Waals surface area (Å²) in [4.78, 5) is 12.6. The Morgan fingerprint density at radius 1 is 1.04 bits per heavy atom. The smallest absolute Gasteiger partial charge is 0.223 e. The van der Waals surface area contributed by atoms with Crippen molar-refractivity contribution < 1.29 is 9.90 Å². The van der Waals surface area contributed by atoms with Gasteiger partial charge in [0.1, 0.15) is 0 Å². The van der Waals surface area contributed by atoms with Gasteiger partial charge in [0.15, 0.2) is 0 Å². The Morgan fingerprint density at radius 2 is 1.79 bits per heavy atom. The highest BCUT2D eigenvalue weighted by Crippen LogP contribution is 2.49. The maximum atomic E-state index is 12.6. The molecule has 0 heterocycles. The summed E-state index contributed by atoms with van der Waals surface area (Å²) in [5.41, 5.74) is 1.32. The average Bonchev–Trinajstić information content (AvgIpc) is 3.42. The molecule has 126 valence electrons. The van der Waals surface area contributed by atoms with Crippen LogP contribution in [0, 0.1) is 11.8 Å². The summed E-state index contributed by atoms with van der Waals surface area (Å²) in [5.74, 6) is 1.15. The van der Waals surface area contributed by atoms with Crippen molar-refractivity contribution >= 4 is 16.7 Å². The van der Waals surface area contributed by atoms with Crippen LogP contribution in [-0.2, 0) is 4.79 Å². The van der Waals surface area contributed by atoms with Crippen molar-refractivity contribution in [3.05, 3.63) is 48.0 Å². The van der Waals surface area contributed by atoms with Gasteiger partial charge >= 0.3 is 0 Å². The number of hydrogen-bond acceptors (Lipinski definition) is 2. The Kier molecular flexibility index (Phi) is 4.28. The molecule has 0 radical (unpaired) electrons. The first kappa shape index (κ1) is 15.6. The summed E-state index contributed by atoms with van der Waals surface area (Å²) in [6.07, 6.45) is 5.02. The number of amides is 1. The molecule has 3 nitrogen and oxygen atoms in total. The molecule has 2 N–H and O–H groups in total. The van der Waals surface area contributed by atoms with Crippen molar-refractivity contribution in [1.29, 1.82) is 0 Å². The Hall–Kier alpha value is -1.87. The van der Waals surface area contributed by atoms with Crippen molar-refractivity contribution in [2.45, 2.75) is 44.1 Å². The molecule has 4 rings (SSSR count). The van der Waals surface area contributed by atoms with Crippen LogP contribution in [-0.4, -0.2) is 23.7 Å². The summed E-state index contributed by atoms with van der Waals surface area (Å²) in [6, 6.07) is 15.1. The van der Waals surface area contributed by atoms with Crippen molar-refractivity contribution in [2.75, 3.05) is 6.61 Å². The maximum absolute atomic E-state index is 12.6. The first-order valence-electron chi connectivity index (χ1n) is 9.15. The minimum absolute atomic E-state index is 0.131. The Balaban J connectivity index is 1.40. The second-order valence-corrected chi connectivity index (χ2v) is 7.43. The molecule has 0 aromatic heterocycles. The van der Waals surface area contributed by atoms with E-state index in [0.717, 1.165) is 32.1 Å². The van der Waals surface area contributed by atoms with Crippen LogP contribution >= 0.6 is 0 Å². The molecule has 2 aliphatic rings. The predicted molar refractivity (Wildman–Crippen MR) is 95.8 cm³/mol. The van der Waals surface area contributed by atoms with Gasteiger partial charge in [-0.1, -0.05) is 42.5 Å². The van der Waals surface area contributed by atoms with Crippen LogP contribution in [0.2, 0.25) is 0 Å². The van der Waals surface area contributed by atoms with E-state index in [9.17, 15) is 9.90 Å². The molecule has 0 spiro atoms. The highest BCUT2D eigenvalue weighted by Gasteiger charge is 2.45. The third-order valence-corrected chi connectivity index (χ3v) is 5.80. The summed E-state index contributed by atoms with van der Waals surface area (Å²) in [7, 11) is 0. The lowest BCUT2D eigenvalue weighted by Gasteiger charge is -2.28. The van der Waals surface area contributed by atoms with E-state index >= 15 is 0 Å². The number of aliphatic hydroxyl groups excluding tert-OH is 1. The van der Waals surface area contributed by atoms with Gasteiger partial charge in [0.2, 0.25) is 5.91 Å². The molecule has 3 heteroatoms. The van der Waals surface area contributed by atoms with Gasteiger partial charge in [-0.2, -0.15) is 0 Å². The van der Waals surface area contributed by atoms with Crippen LogP contribution in [0.25, 0.3) is 10.8 Å². The van der Waals surface area contributed by atoms with E-state index in [1.807, 2.05) is 0 Å². The van der Waals surface area contributed by atoms with Crippen LogP contribution in [0.3, 0.4) is 0 Å². The van der Waals surface area contributed by atoms with Gasteiger partial charge in [-0.05, 0) is 60.3 Å². The highest BCUT2D eigenvalue weighted by molar-refractivity contribution is 5.89. The Morgan fingerprint density at radius 3 is 2.58 bits per heavy atom. The number of nitrogens with one attached hydrogen (secondary N) is 1. The van der Waals surface area contributed by atoms with Gasteiger partial charge in [-0.3, -0.25) is 4.79 Å². The molecular formula is C21H25NO2. The minimum Gasteiger partial charge on any atom is -0.396 e. The normalized spacial score (nSPS) is 29.4. The Labute approximate surface area is 143 Å². The van der Waals surface area contributed by atoms with Gasteiger partial charge in [-0.25, -0.2) is 0 Å². The van der Waals surface area contributed by atoms with Gasteiger partial charge in [0.05, 0.1) is 0 Å². The topological polar surface area (TPSA) is 49.3 Å². The summed E-state index contributed by atoms with van der Waals surface area (Å²) in [6.45, 7) is 0.284. The fraction of sp³-hybridized carbons (Fsp3) is 0.476. The molecule has 2 aromatic carbocycles. The van der Waals surface area contributed by atoms with Crippen LogP contribution in [0.1, 0.15) is 43.6 Å². The number of aliphatic hydroxyl groups is 1. The Bertz CT molecular complexity index is 728. The zero-order chi connectivity index (χ0) is 16.5. The van der Waals surface area contributed by atoms with Crippen LogP contribution in [0.15, 0.2) is 42.5 Å². The molecule has 2 atom stereocenters. The lowest BCUT2D eigenvalue weighted by atomic mass is 9.86. The molecule has 2 fully saturated rings. The lowest BCUT2D eigenvalue weighted by Crippen LogP contribution is -2.39. The monoisotopic (exact) mass is 323 g/mol. The first-order chi connectivity index (χ1) is 11.8. The van der Waals surface area contributed by atoms with Gasteiger partial charge < -0.3 is 10.4 Å². The van der Waals surface area contributed by atoms with Crippen LogP contribution in [0.4, 0.5) is 0 Å². The molecule has 1 amide bonds. The van der Waals surface area contributed by atoms with E-state index in [1.54, 1.807) is 0 Å². The molecule has 2 saturated carbocycles. The molecule has 0 aliphatic heterocycles. The molecule has 0 bridgehead atoms. The van der Waals surface area contributed by atoms with Crippen molar-refractivity contribution in [2.24, 2.45) is 11.8 Å². The first-order valence-corrected chi connectivity index (χ1v) is 9.15. The summed E-state index contributed by atoms with van der Waals surface area (Å²) >= 11 is 0. The number of carbonyl (C=O) groups is 1. The minimum atomic E-state index is 0.131. The number of hydrogen-bond donors (Lipinski definition) is 2. The van der Waals surface area contributed by atoms with E-state index in [2.05, 4.69) is 47.8 Å². The fourth-order valence-electron chi connectivity index (χ4n) is 4.20. The van der Waals surface area contributed by atoms with Crippen LogP contribution < -0.4 is 5.32 Å². The number of rotatable bonds is 4. The van der Waals surface area contributed by atoms with E-state index in [-0.39, 0.29) is 18.4 Å². The quantitative estimate of drug-likeness (QED) is 0.903. The molecule has 0 saturated heterocycles. The SMILES string of the molecule is O=C(NC1CCC(CO)CC1)C1CC1c1cccc2ccccc12. The van der Waals surface area contributed by atoms with E-state index in [4.69, 9.17) is 0 Å². The van der Waals surface area contributed by atoms with Crippen LogP contribution in [0.5, 0.6) is 0 Å². The van der Waals surface area contributed by atoms with Crippen molar-refractivity contribution in [3.8, 4) is 0 Å². The van der Waals surface area contributed by atoms with E-state index in [0.29, 0.717) is 17.9 Å². The van der Waals surface area contributed by atoms with Gasteiger partial charge in [0.25, 0.3) is 0 Å². The average molecular weight is 323 g/mol. The van der Waals surface area contributed by atoms with E-state index < -0.39 is 0 Å². The van der Waals surface area contributed by atoms with Crippen molar-refractivity contribution in [3.63, 3.8) is 0 Å². The van der Waals surface area contributed by atoms with Crippen molar-refractivity contribution in [1.82, 2.24) is 5.32 Å². The molecule has 2 aliphatic carbocycles. The second kappa shape index (κ2) is 6.56. The summed E-state index contributed by atoms with van der Waals surface area (Å²) in [5, 5.41) is 15.0.